The molecule has 158 valence electrons. The Kier molecular flexibility index (Phi) is 10.3. The maximum Gasteiger partial charge on any atom is 0.191 e. The number of halogens is 1. The van der Waals surface area contributed by atoms with Crippen LogP contribution in [0.25, 0.3) is 0 Å². The van der Waals surface area contributed by atoms with E-state index in [2.05, 4.69) is 38.5 Å². The molecule has 8 heteroatoms. The van der Waals surface area contributed by atoms with Gasteiger partial charge in [-0.3, -0.25) is 4.99 Å². The summed E-state index contributed by atoms with van der Waals surface area (Å²) in [5, 5.41) is 6.71. The van der Waals surface area contributed by atoms with Gasteiger partial charge in [-0.05, 0) is 49.8 Å². The number of hydrogen-bond acceptors (Lipinski definition) is 5. The molecule has 1 saturated heterocycles. The number of ether oxygens (including phenoxy) is 2. The second-order valence-electron chi connectivity index (χ2n) is 7.37. The van der Waals surface area contributed by atoms with Crippen molar-refractivity contribution in [2.75, 3.05) is 51.4 Å². The minimum absolute atomic E-state index is 0. The first-order valence-corrected chi connectivity index (χ1v) is 10.1. The van der Waals surface area contributed by atoms with E-state index in [4.69, 9.17) is 9.47 Å². The molecule has 1 unspecified atom stereocenters. The van der Waals surface area contributed by atoms with E-state index < -0.39 is 0 Å². The molecular weight excluding hydrogens is 469 g/mol. The van der Waals surface area contributed by atoms with Gasteiger partial charge in [-0.1, -0.05) is 0 Å². The molecule has 2 heterocycles. The van der Waals surface area contributed by atoms with Crippen LogP contribution in [0.3, 0.4) is 0 Å². The highest BCUT2D eigenvalue weighted by atomic mass is 127. The topological polar surface area (TPSA) is 71.0 Å². The average molecular weight is 503 g/mol. The Hall–Kier alpha value is -1.13. The highest BCUT2D eigenvalue weighted by Gasteiger charge is 2.21. The first-order chi connectivity index (χ1) is 13.2. The molecule has 7 nitrogen and oxygen atoms in total. The fraction of sp³-hybridized carbons (Fsp3) is 0.700. The summed E-state index contributed by atoms with van der Waals surface area (Å²) in [4.78, 5) is 11.1. The Bertz CT molecular complexity index is 612. The number of anilines is 1. The van der Waals surface area contributed by atoms with Crippen molar-refractivity contribution in [3.8, 4) is 0 Å². The number of nitrogens with one attached hydrogen (secondary N) is 2. The predicted octanol–water partition coefficient (Wildman–Crippen LogP) is 2.41. The van der Waals surface area contributed by atoms with Crippen LogP contribution >= 0.6 is 24.0 Å². The smallest absolute Gasteiger partial charge is 0.191 e. The van der Waals surface area contributed by atoms with Crippen molar-refractivity contribution >= 4 is 35.8 Å². The Morgan fingerprint density at radius 1 is 1.39 bits per heavy atom. The number of morpholine rings is 1. The molecule has 2 aliphatic rings. The van der Waals surface area contributed by atoms with Crippen molar-refractivity contribution in [1.82, 2.24) is 15.6 Å². The lowest BCUT2D eigenvalue weighted by atomic mass is 10.2. The number of aromatic nitrogens is 1. The summed E-state index contributed by atoms with van der Waals surface area (Å²) in [6.45, 7) is 7.95. The van der Waals surface area contributed by atoms with Crippen LogP contribution in [0.1, 0.15) is 31.7 Å². The molecule has 1 aliphatic carbocycles. The van der Waals surface area contributed by atoms with Gasteiger partial charge in [-0.15, -0.1) is 24.0 Å². The molecule has 0 aromatic carbocycles. The average Bonchev–Trinajstić information content (AvgIpc) is 3.51. The van der Waals surface area contributed by atoms with Gasteiger partial charge in [0.05, 0.1) is 12.7 Å². The molecule has 3 rings (SSSR count). The van der Waals surface area contributed by atoms with Crippen molar-refractivity contribution in [3.05, 3.63) is 23.9 Å². The normalized spacial score (nSPS) is 19.9. The van der Waals surface area contributed by atoms with E-state index in [0.29, 0.717) is 6.54 Å². The second-order valence-corrected chi connectivity index (χ2v) is 7.37. The molecule has 1 aliphatic heterocycles. The third-order valence-corrected chi connectivity index (χ3v) is 4.87. The van der Waals surface area contributed by atoms with Crippen molar-refractivity contribution in [2.24, 2.45) is 10.9 Å². The highest BCUT2D eigenvalue weighted by molar-refractivity contribution is 14.0. The van der Waals surface area contributed by atoms with Crippen LogP contribution in [-0.2, 0) is 16.0 Å². The van der Waals surface area contributed by atoms with Crippen LogP contribution < -0.4 is 15.5 Å². The zero-order chi connectivity index (χ0) is 18.9. The maximum atomic E-state index is 5.66. The molecular formula is C20H34IN5O2. The van der Waals surface area contributed by atoms with Gasteiger partial charge >= 0.3 is 0 Å². The second kappa shape index (κ2) is 12.4. The van der Waals surface area contributed by atoms with Gasteiger partial charge < -0.3 is 25.0 Å². The molecule has 0 radical (unpaired) electrons. The quantitative estimate of drug-likeness (QED) is 0.234. The van der Waals surface area contributed by atoms with Crippen molar-refractivity contribution < 1.29 is 9.47 Å². The maximum absolute atomic E-state index is 5.66. The molecule has 0 bridgehead atoms. The van der Waals surface area contributed by atoms with E-state index in [0.717, 1.165) is 63.6 Å². The minimum Gasteiger partial charge on any atom is -0.381 e. The molecule has 1 aromatic heterocycles. The van der Waals surface area contributed by atoms with E-state index >= 15 is 0 Å². The largest absolute Gasteiger partial charge is 0.381 e. The molecule has 1 saturated carbocycles. The fourth-order valence-electron chi connectivity index (χ4n) is 3.09. The highest BCUT2D eigenvalue weighted by Crippen LogP contribution is 2.28. The van der Waals surface area contributed by atoms with Crippen molar-refractivity contribution in [1.29, 1.82) is 0 Å². The lowest BCUT2D eigenvalue weighted by molar-refractivity contribution is 0.0529. The number of nitrogens with zero attached hydrogens (tertiary/aromatic N) is 3. The lowest BCUT2D eigenvalue weighted by Gasteiger charge is -2.32. The Morgan fingerprint density at radius 3 is 3.00 bits per heavy atom. The molecule has 1 aromatic rings. The summed E-state index contributed by atoms with van der Waals surface area (Å²) in [6.07, 6.45) is 5.80. The summed E-state index contributed by atoms with van der Waals surface area (Å²) in [7, 11) is 1.80. The monoisotopic (exact) mass is 503 g/mol. The molecule has 0 spiro atoms. The SMILES string of the molecule is CN=C(NCCCOCC1CC1)NCc1ccnc(N2CCOC(C)C2)c1.I. The van der Waals surface area contributed by atoms with E-state index in [1.807, 2.05) is 12.3 Å². The Balaban J connectivity index is 0.00000280. The van der Waals surface area contributed by atoms with Crippen LogP contribution in [0.2, 0.25) is 0 Å². The molecule has 2 N–H and O–H groups in total. The van der Waals surface area contributed by atoms with E-state index in [1.54, 1.807) is 7.05 Å². The summed E-state index contributed by atoms with van der Waals surface area (Å²) in [5.41, 5.74) is 1.19. The molecule has 2 fully saturated rings. The minimum atomic E-state index is 0. The predicted molar refractivity (Wildman–Crippen MR) is 124 cm³/mol. The number of rotatable bonds is 9. The van der Waals surface area contributed by atoms with Gasteiger partial charge in [0.15, 0.2) is 5.96 Å². The first kappa shape index (κ1) is 23.2. The number of aliphatic imine (C=N–C) groups is 1. The first-order valence-electron chi connectivity index (χ1n) is 10.1. The van der Waals surface area contributed by atoms with E-state index in [1.165, 1.54) is 18.4 Å². The van der Waals surface area contributed by atoms with Gasteiger partial charge in [0.25, 0.3) is 0 Å². The van der Waals surface area contributed by atoms with E-state index in [9.17, 15) is 0 Å². The number of hydrogen-bond donors (Lipinski definition) is 2. The fourth-order valence-corrected chi connectivity index (χ4v) is 3.09. The molecule has 0 amide bonds. The molecule has 28 heavy (non-hydrogen) atoms. The summed E-state index contributed by atoms with van der Waals surface area (Å²) < 4.78 is 11.3. The van der Waals surface area contributed by atoms with Crippen molar-refractivity contribution in [3.63, 3.8) is 0 Å². The van der Waals surface area contributed by atoms with Crippen LogP contribution in [0, 0.1) is 5.92 Å². The zero-order valence-corrected chi connectivity index (χ0v) is 19.4. The van der Waals surface area contributed by atoms with Crippen LogP contribution in [0.15, 0.2) is 23.3 Å². The third kappa shape index (κ3) is 8.08. The third-order valence-electron chi connectivity index (χ3n) is 4.87. The van der Waals surface area contributed by atoms with Gasteiger partial charge in [0.1, 0.15) is 5.82 Å². The number of pyridine rings is 1. The van der Waals surface area contributed by atoms with Gasteiger partial charge in [0, 0.05) is 52.6 Å². The van der Waals surface area contributed by atoms with Crippen molar-refractivity contribution in [2.45, 2.75) is 38.8 Å². The van der Waals surface area contributed by atoms with Gasteiger partial charge in [-0.25, -0.2) is 4.98 Å². The van der Waals surface area contributed by atoms with Crippen LogP contribution in [-0.4, -0.2) is 63.6 Å². The standard InChI is InChI=1S/C20H33N5O2.HI/c1-16-14-25(9-11-27-16)19-12-18(6-8-22-19)13-24-20(21-2)23-7-3-10-26-15-17-4-5-17;/h6,8,12,16-17H,3-5,7,9-11,13-15H2,1-2H3,(H2,21,23,24);1H. The summed E-state index contributed by atoms with van der Waals surface area (Å²) >= 11 is 0. The van der Waals surface area contributed by atoms with Crippen LogP contribution in [0.5, 0.6) is 0 Å². The van der Waals surface area contributed by atoms with E-state index in [-0.39, 0.29) is 30.1 Å². The van der Waals surface area contributed by atoms with Gasteiger partial charge in [0.2, 0.25) is 0 Å². The zero-order valence-electron chi connectivity index (χ0n) is 17.0. The summed E-state index contributed by atoms with van der Waals surface area (Å²) in [6, 6.07) is 4.18. The Morgan fingerprint density at radius 2 is 2.25 bits per heavy atom. The summed E-state index contributed by atoms with van der Waals surface area (Å²) in [5.74, 6) is 2.66. The van der Waals surface area contributed by atoms with Gasteiger partial charge in [-0.2, -0.15) is 0 Å². The number of guanidine groups is 1. The lowest BCUT2D eigenvalue weighted by Crippen LogP contribution is -2.41. The molecule has 1 atom stereocenters. The van der Waals surface area contributed by atoms with Crippen LogP contribution in [0.4, 0.5) is 5.82 Å². The Labute approximate surface area is 185 Å².